The summed E-state index contributed by atoms with van der Waals surface area (Å²) in [5, 5.41) is 11.4. The van der Waals surface area contributed by atoms with Crippen LogP contribution in [-0.2, 0) is 23.0 Å². The van der Waals surface area contributed by atoms with Crippen LogP contribution in [0.3, 0.4) is 0 Å². The van der Waals surface area contributed by atoms with E-state index in [-0.39, 0.29) is 25.2 Å². The molecule has 2 aromatic rings. The molecule has 1 aromatic heterocycles. The van der Waals surface area contributed by atoms with Gasteiger partial charge in [0.1, 0.15) is 5.82 Å². The molecule has 1 aliphatic heterocycles. The first-order valence-electron chi connectivity index (χ1n) is 8.39. The Morgan fingerprint density at radius 2 is 1.88 bits per heavy atom. The van der Waals surface area contributed by atoms with Crippen LogP contribution in [0.25, 0.3) is 10.9 Å². The molecule has 0 unspecified atom stereocenters. The van der Waals surface area contributed by atoms with Gasteiger partial charge in [-0.3, -0.25) is 9.36 Å². The predicted molar refractivity (Wildman–Crippen MR) is 96.0 cm³/mol. The summed E-state index contributed by atoms with van der Waals surface area (Å²) >= 11 is 0. The van der Waals surface area contributed by atoms with Crippen molar-refractivity contribution in [3.05, 3.63) is 40.4 Å². The van der Waals surface area contributed by atoms with Crippen LogP contribution in [0, 0.1) is 0 Å². The van der Waals surface area contributed by atoms with Crippen LogP contribution in [0.1, 0.15) is 25.6 Å². The number of sulfonamides is 1. The van der Waals surface area contributed by atoms with E-state index < -0.39 is 15.6 Å². The smallest absolute Gasteiger partial charge is 0.261 e. The Kier molecular flexibility index (Phi) is 4.70. The molecule has 25 heavy (non-hydrogen) atoms. The van der Waals surface area contributed by atoms with E-state index in [1.54, 1.807) is 22.8 Å². The van der Waals surface area contributed by atoms with Gasteiger partial charge in [-0.2, -0.15) is 0 Å². The normalized spacial score (nSPS) is 18.5. The standard InChI is InChI=1S/C17H23N3O4S/c1-3-15-18-14-7-5-4-6-13(14)16(21)20(15)12-17(22)8-10-19(11-9-17)25(2,23)24/h4-7,22H,3,8-12H2,1-2H3. The number of rotatable bonds is 4. The highest BCUT2D eigenvalue weighted by Crippen LogP contribution is 2.25. The van der Waals surface area contributed by atoms with Crippen molar-refractivity contribution in [1.29, 1.82) is 0 Å². The Morgan fingerprint density at radius 3 is 2.48 bits per heavy atom. The summed E-state index contributed by atoms with van der Waals surface area (Å²) in [5.41, 5.74) is -0.625. The first kappa shape index (κ1) is 18.0. The van der Waals surface area contributed by atoms with Gasteiger partial charge in [-0.1, -0.05) is 19.1 Å². The monoisotopic (exact) mass is 365 g/mol. The predicted octanol–water partition coefficient (Wildman–Crippen LogP) is 0.745. The molecule has 1 N–H and O–H groups in total. The molecule has 8 heteroatoms. The third kappa shape index (κ3) is 3.61. The summed E-state index contributed by atoms with van der Waals surface area (Å²) in [6, 6.07) is 7.17. The fourth-order valence-corrected chi connectivity index (χ4v) is 4.18. The van der Waals surface area contributed by atoms with E-state index in [2.05, 4.69) is 4.98 Å². The Hall–Kier alpha value is -1.77. The number of benzene rings is 1. The first-order valence-corrected chi connectivity index (χ1v) is 10.2. The van der Waals surface area contributed by atoms with Crippen molar-refractivity contribution in [2.45, 2.75) is 38.3 Å². The molecule has 0 radical (unpaired) electrons. The summed E-state index contributed by atoms with van der Waals surface area (Å²) in [7, 11) is -3.26. The van der Waals surface area contributed by atoms with Gasteiger partial charge in [-0.15, -0.1) is 0 Å². The van der Waals surface area contributed by atoms with Gasteiger partial charge in [0.25, 0.3) is 5.56 Å². The van der Waals surface area contributed by atoms with Gasteiger partial charge in [0.2, 0.25) is 10.0 Å². The van der Waals surface area contributed by atoms with Crippen LogP contribution in [-0.4, -0.2) is 52.3 Å². The number of hydrogen-bond acceptors (Lipinski definition) is 5. The zero-order valence-corrected chi connectivity index (χ0v) is 15.3. The topological polar surface area (TPSA) is 92.5 Å². The van der Waals surface area contributed by atoms with Crippen LogP contribution in [0.2, 0.25) is 0 Å². The lowest BCUT2D eigenvalue weighted by Crippen LogP contribution is -2.49. The molecule has 0 bridgehead atoms. The molecule has 0 spiro atoms. The maximum absolute atomic E-state index is 12.9. The van der Waals surface area contributed by atoms with Gasteiger partial charge < -0.3 is 5.11 Å². The highest BCUT2D eigenvalue weighted by Gasteiger charge is 2.36. The number of aliphatic hydroxyl groups is 1. The Bertz CT molecular complexity index is 944. The van der Waals surface area contributed by atoms with Crippen LogP contribution < -0.4 is 5.56 Å². The second-order valence-corrected chi connectivity index (χ2v) is 8.66. The van der Waals surface area contributed by atoms with E-state index in [0.717, 1.165) is 0 Å². The van der Waals surface area contributed by atoms with Crippen LogP contribution in [0.5, 0.6) is 0 Å². The van der Waals surface area contributed by atoms with Crippen molar-refractivity contribution < 1.29 is 13.5 Å². The molecule has 1 fully saturated rings. The largest absolute Gasteiger partial charge is 0.388 e. The number of aromatic nitrogens is 2. The number of aryl methyl sites for hydroxylation is 1. The van der Waals surface area contributed by atoms with E-state index in [0.29, 0.717) is 36.0 Å². The molecule has 0 aliphatic carbocycles. The van der Waals surface area contributed by atoms with Crippen molar-refractivity contribution in [3.63, 3.8) is 0 Å². The summed E-state index contributed by atoms with van der Waals surface area (Å²) < 4.78 is 26.2. The van der Waals surface area contributed by atoms with Crippen LogP contribution in [0.15, 0.2) is 29.1 Å². The fourth-order valence-electron chi connectivity index (χ4n) is 3.33. The minimum atomic E-state index is -3.26. The number of para-hydroxylation sites is 1. The minimum Gasteiger partial charge on any atom is -0.388 e. The first-order chi connectivity index (χ1) is 11.7. The van der Waals surface area contributed by atoms with E-state index in [4.69, 9.17) is 0 Å². The Morgan fingerprint density at radius 1 is 1.24 bits per heavy atom. The Labute approximate surface area is 147 Å². The van der Waals surface area contributed by atoms with Crippen LogP contribution in [0.4, 0.5) is 0 Å². The average Bonchev–Trinajstić information content (AvgIpc) is 2.57. The molecule has 7 nitrogen and oxygen atoms in total. The molecule has 0 atom stereocenters. The van der Waals surface area contributed by atoms with Gasteiger partial charge in [-0.25, -0.2) is 17.7 Å². The van der Waals surface area contributed by atoms with Crippen molar-refractivity contribution in [1.82, 2.24) is 13.9 Å². The van der Waals surface area contributed by atoms with Crippen molar-refractivity contribution in [2.75, 3.05) is 19.3 Å². The molecule has 3 rings (SSSR count). The molecule has 1 aliphatic rings. The average molecular weight is 365 g/mol. The molecular weight excluding hydrogens is 342 g/mol. The molecular formula is C17H23N3O4S. The number of fused-ring (bicyclic) bond motifs is 1. The van der Waals surface area contributed by atoms with Crippen molar-refractivity contribution >= 4 is 20.9 Å². The van der Waals surface area contributed by atoms with Gasteiger partial charge in [0, 0.05) is 19.5 Å². The fraction of sp³-hybridized carbons (Fsp3) is 0.529. The summed E-state index contributed by atoms with van der Waals surface area (Å²) in [4.78, 5) is 17.4. The highest BCUT2D eigenvalue weighted by molar-refractivity contribution is 7.88. The third-order valence-electron chi connectivity index (χ3n) is 4.83. The molecule has 136 valence electrons. The van der Waals surface area contributed by atoms with E-state index in [9.17, 15) is 18.3 Å². The van der Waals surface area contributed by atoms with Crippen LogP contribution >= 0.6 is 0 Å². The molecule has 0 amide bonds. The quantitative estimate of drug-likeness (QED) is 0.863. The second kappa shape index (κ2) is 6.51. The highest BCUT2D eigenvalue weighted by atomic mass is 32.2. The number of nitrogens with zero attached hydrogens (tertiary/aromatic N) is 3. The minimum absolute atomic E-state index is 0.129. The van der Waals surface area contributed by atoms with E-state index >= 15 is 0 Å². The lowest BCUT2D eigenvalue weighted by molar-refractivity contribution is -0.0207. The Balaban J connectivity index is 1.93. The zero-order chi connectivity index (χ0) is 18.2. The number of hydrogen-bond donors (Lipinski definition) is 1. The zero-order valence-electron chi connectivity index (χ0n) is 14.5. The summed E-state index contributed by atoms with van der Waals surface area (Å²) in [5.74, 6) is 0.627. The molecule has 0 saturated carbocycles. The van der Waals surface area contributed by atoms with Gasteiger partial charge in [-0.05, 0) is 25.0 Å². The molecule has 1 saturated heterocycles. The summed E-state index contributed by atoms with van der Waals surface area (Å²) in [6.07, 6.45) is 2.33. The molecule has 1 aromatic carbocycles. The van der Waals surface area contributed by atoms with Gasteiger partial charge in [0.15, 0.2) is 0 Å². The maximum atomic E-state index is 12.9. The van der Waals surface area contributed by atoms with Crippen molar-refractivity contribution in [3.8, 4) is 0 Å². The van der Waals surface area contributed by atoms with E-state index in [1.165, 1.54) is 10.6 Å². The maximum Gasteiger partial charge on any atom is 0.261 e. The van der Waals surface area contributed by atoms with Gasteiger partial charge >= 0.3 is 0 Å². The van der Waals surface area contributed by atoms with Crippen molar-refractivity contribution in [2.24, 2.45) is 0 Å². The third-order valence-corrected chi connectivity index (χ3v) is 6.13. The summed E-state index contributed by atoms with van der Waals surface area (Å²) in [6.45, 7) is 2.56. The lowest BCUT2D eigenvalue weighted by Gasteiger charge is -2.37. The SMILES string of the molecule is CCc1nc2ccccc2c(=O)n1CC1(O)CCN(S(C)(=O)=O)CC1. The van der Waals surface area contributed by atoms with E-state index in [1.807, 2.05) is 13.0 Å². The van der Waals surface area contributed by atoms with Gasteiger partial charge in [0.05, 0.1) is 29.3 Å². The lowest BCUT2D eigenvalue weighted by atomic mass is 9.92. The second-order valence-electron chi connectivity index (χ2n) is 6.68. The molecule has 2 heterocycles. The number of piperidine rings is 1.